The molecule has 5 heteroatoms. The summed E-state index contributed by atoms with van der Waals surface area (Å²) in [4.78, 5) is 4.12. The lowest BCUT2D eigenvalue weighted by Crippen LogP contribution is -1.82. The van der Waals surface area contributed by atoms with E-state index in [-0.39, 0.29) is 0 Å². The predicted octanol–water partition coefficient (Wildman–Crippen LogP) is 3.66. The van der Waals surface area contributed by atoms with Crippen molar-refractivity contribution >= 4 is 23.2 Å². The largest absolute Gasteiger partial charge is 0.468 e. The van der Waals surface area contributed by atoms with Gasteiger partial charge >= 0.3 is 0 Å². The molecule has 0 amide bonds. The standard InChI is InChI=1S/C10H7Cl2NO2/c1-14-9-2-6(5-15-9)10-8(12)3-7(11)4-13-10/h2-5H,1H3. The molecule has 0 spiro atoms. The minimum Gasteiger partial charge on any atom is -0.468 e. The van der Waals surface area contributed by atoms with Crippen LogP contribution < -0.4 is 4.74 Å². The van der Waals surface area contributed by atoms with Crippen LogP contribution in [0.2, 0.25) is 10.0 Å². The molecule has 2 aromatic heterocycles. The number of furan rings is 1. The van der Waals surface area contributed by atoms with Crippen LogP contribution in [0.3, 0.4) is 0 Å². The Balaban J connectivity index is 2.44. The second-order valence-electron chi connectivity index (χ2n) is 2.84. The van der Waals surface area contributed by atoms with Crippen LogP contribution >= 0.6 is 23.2 Å². The molecule has 0 aromatic carbocycles. The molecule has 0 fully saturated rings. The van der Waals surface area contributed by atoms with Gasteiger partial charge in [-0.05, 0) is 6.07 Å². The van der Waals surface area contributed by atoms with Crippen molar-refractivity contribution in [1.82, 2.24) is 4.98 Å². The van der Waals surface area contributed by atoms with E-state index < -0.39 is 0 Å². The van der Waals surface area contributed by atoms with E-state index in [2.05, 4.69) is 4.98 Å². The summed E-state index contributed by atoms with van der Waals surface area (Å²) in [6.45, 7) is 0. The lowest BCUT2D eigenvalue weighted by atomic mass is 10.2. The highest BCUT2D eigenvalue weighted by atomic mass is 35.5. The number of methoxy groups -OCH3 is 1. The Morgan fingerprint density at radius 1 is 1.33 bits per heavy atom. The first-order chi connectivity index (χ1) is 7.20. The molecule has 0 bridgehead atoms. The first-order valence-electron chi connectivity index (χ1n) is 4.14. The van der Waals surface area contributed by atoms with Crippen LogP contribution in [0.15, 0.2) is 29.0 Å². The SMILES string of the molecule is COc1cc(-c2ncc(Cl)cc2Cl)co1. The molecule has 0 aliphatic heterocycles. The average molecular weight is 244 g/mol. The molecule has 15 heavy (non-hydrogen) atoms. The molecule has 0 unspecified atom stereocenters. The number of pyridine rings is 1. The Labute approximate surface area is 96.6 Å². The lowest BCUT2D eigenvalue weighted by Gasteiger charge is -1.99. The van der Waals surface area contributed by atoms with Gasteiger partial charge in [0.15, 0.2) is 0 Å². The van der Waals surface area contributed by atoms with Crippen molar-refractivity contribution in [3.05, 3.63) is 34.6 Å². The van der Waals surface area contributed by atoms with Gasteiger partial charge in [-0.25, -0.2) is 0 Å². The van der Waals surface area contributed by atoms with Crippen LogP contribution in [-0.4, -0.2) is 12.1 Å². The number of rotatable bonds is 2. The smallest absolute Gasteiger partial charge is 0.284 e. The van der Waals surface area contributed by atoms with Gasteiger partial charge in [0.25, 0.3) is 5.95 Å². The zero-order valence-corrected chi connectivity index (χ0v) is 9.34. The van der Waals surface area contributed by atoms with Gasteiger partial charge in [-0.2, -0.15) is 0 Å². The van der Waals surface area contributed by atoms with Gasteiger partial charge in [-0.1, -0.05) is 23.2 Å². The Kier molecular flexibility index (Phi) is 2.84. The number of aromatic nitrogens is 1. The third-order valence-electron chi connectivity index (χ3n) is 1.86. The molecule has 0 atom stereocenters. The molecule has 0 saturated heterocycles. The predicted molar refractivity (Wildman–Crippen MR) is 58.5 cm³/mol. The van der Waals surface area contributed by atoms with E-state index in [0.29, 0.717) is 21.7 Å². The zero-order valence-electron chi connectivity index (χ0n) is 7.83. The summed E-state index contributed by atoms with van der Waals surface area (Å²) in [5.41, 5.74) is 1.38. The molecule has 3 nitrogen and oxygen atoms in total. The fraction of sp³-hybridized carbons (Fsp3) is 0.100. The quantitative estimate of drug-likeness (QED) is 0.808. The van der Waals surface area contributed by atoms with Crippen LogP contribution in [0.25, 0.3) is 11.3 Å². The second kappa shape index (κ2) is 4.13. The van der Waals surface area contributed by atoms with E-state index in [1.54, 1.807) is 12.1 Å². The fourth-order valence-electron chi connectivity index (χ4n) is 1.17. The molecule has 78 valence electrons. The lowest BCUT2D eigenvalue weighted by molar-refractivity contribution is 0.305. The Hall–Kier alpha value is -1.19. The van der Waals surface area contributed by atoms with Crippen molar-refractivity contribution < 1.29 is 9.15 Å². The molecule has 0 radical (unpaired) electrons. The normalized spacial score (nSPS) is 10.3. The Bertz CT molecular complexity index is 482. The fourth-order valence-corrected chi connectivity index (χ4v) is 1.66. The molecule has 0 saturated carbocycles. The van der Waals surface area contributed by atoms with Crippen LogP contribution in [0.5, 0.6) is 5.95 Å². The molecule has 0 aliphatic rings. The third kappa shape index (κ3) is 2.08. The highest BCUT2D eigenvalue weighted by Gasteiger charge is 2.09. The Morgan fingerprint density at radius 2 is 2.13 bits per heavy atom. The van der Waals surface area contributed by atoms with E-state index >= 15 is 0 Å². The summed E-state index contributed by atoms with van der Waals surface area (Å²) >= 11 is 11.7. The monoisotopic (exact) mass is 243 g/mol. The maximum absolute atomic E-state index is 5.99. The van der Waals surface area contributed by atoms with Gasteiger partial charge in [0, 0.05) is 17.8 Å². The van der Waals surface area contributed by atoms with Crippen LogP contribution in [-0.2, 0) is 0 Å². The van der Waals surface area contributed by atoms with E-state index in [9.17, 15) is 0 Å². The summed E-state index contributed by atoms with van der Waals surface area (Å²) in [6, 6.07) is 3.34. The summed E-state index contributed by atoms with van der Waals surface area (Å²) in [7, 11) is 1.53. The van der Waals surface area contributed by atoms with Crippen LogP contribution in [0.4, 0.5) is 0 Å². The summed E-state index contributed by atoms with van der Waals surface area (Å²) in [5, 5.41) is 0.977. The highest BCUT2D eigenvalue weighted by Crippen LogP contribution is 2.31. The minimum absolute atomic E-state index is 0.415. The first-order valence-corrected chi connectivity index (χ1v) is 4.90. The maximum atomic E-state index is 5.99. The second-order valence-corrected chi connectivity index (χ2v) is 3.69. The highest BCUT2D eigenvalue weighted by molar-refractivity contribution is 6.36. The molecular formula is C10H7Cl2NO2. The van der Waals surface area contributed by atoms with Gasteiger partial charge in [-0.15, -0.1) is 0 Å². The van der Waals surface area contributed by atoms with Gasteiger partial charge in [0.2, 0.25) is 0 Å². The summed E-state index contributed by atoms with van der Waals surface area (Å²) in [6.07, 6.45) is 3.06. The van der Waals surface area contributed by atoms with Crippen molar-refractivity contribution in [3.63, 3.8) is 0 Å². The van der Waals surface area contributed by atoms with Crippen molar-refractivity contribution in [1.29, 1.82) is 0 Å². The Morgan fingerprint density at radius 3 is 2.73 bits per heavy atom. The van der Waals surface area contributed by atoms with Crippen molar-refractivity contribution in [3.8, 4) is 17.2 Å². The topological polar surface area (TPSA) is 35.3 Å². The molecule has 2 heterocycles. The molecule has 0 aliphatic carbocycles. The number of hydrogen-bond acceptors (Lipinski definition) is 3. The minimum atomic E-state index is 0.415. The zero-order chi connectivity index (χ0) is 10.8. The van der Waals surface area contributed by atoms with Gasteiger partial charge in [0.05, 0.1) is 22.8 Å². The van der Waals surface area contributed by atoms with E-state index in [4.69, 9.17) is 32.4 Å². The summed E-state index contributed by atoms with van der Waals surface area (Å²) < 4.78 is 10.0. The van der Waals surface area contributed by atoms with E-state index in [1.807, 2.05) is 0 Å². The molecular weight excluding hydrogens is 237 g/mol. The van der Waals surface area contributed by atoms with Crippen molar-refractivity contribution in [2.45, 2.75) is 0 Å². The van der Waals surface area contributed by atoms with Crippen molar-refractivity contribution in [2.24, 2.45) is 0 Å². The van der Waals surface area contributed by atoms with Crippen LogP contribution in [0.1, 0.15) is 0 Å². The van der Waals surface area contributed by atoms with E-state index in [0.717, 1.165) is 5.56 Å². The van der Waals surface area contributed by atoms with Gasteiger partial charge < -0.3 is 9.15 Å². The third-order valence-corrected chi connectivity index (χ3v) is 2.35. The number of hydrogen-bond donors (Lipinski definition) is 0. The van der Waals surface area contributed by atoms with E-state index in [1.165, 1.54) is 19.6 Å². The van der Waals surface area contributed by atoms with Crippen LogP contribution in [0, 0.1) is 0 Å². The maximum Gasteiger partial charge on any atom is 0.284 e. The van der Waals surface area contributed by atoms with Crippen molar-refractivity contribution in [2.75, 3.05) is 7.11 Å². The number of nitrogens with zero attached hydrogens (tertiary/aromatic N) is 1. The van der Waals surface area contributed by atoms with Gasteiger partial charge in [-0.3, -0.25) is 4.98 Å². The molecule has 0 N–H and O–H groups in total. The number of halogens is 2. The number of ether oxygens (including phenoxy) is 1. The molecule has 2 aromatic rings. The average Bonchev–Trinajstić information content (AvgIpc) is 2.66. The summed E-state index contributed by atoms with van der Waals surface area (Å²) in [5.74, 6) is 0.415. The first kappa shape index (κ1) is 10.3. The molecule has 2 rings (SSSR count). The van der Waals surface area contributed by atoms with Gasteiger partial charge in [0.1, 0.15) is 6.26 Å².